The molecule has 56 valence electrons. The summed E-state index contributed by atoms with van der Waals surface area (Å²) in [6.07, 6.45) is 0. The lowest BCUT2D eigenvalue weighted by molar-refractivity contribution is 0.376. The molecule has 0 saturated carbocycles. The van der Waals surface area contributed by atoms with Crippen molar-refractivity contribution in [3.63, 3.8) is 0 Å². The smallest absolute Gasteiger partial charge is 0.283 e. The number of hydrogen-bond acceptors (Lipinski definition) is 4. The molecule has 0 saturated heterocycles. The molecule has 0 aliphatic carbocycles. The third-order valence-electron chi connectivity index (χ3n) is 0.144. The molecule has 9 heavy (non-hydrogen) atoms. The fourth-order valence-electron chi connectivity index (χ4n) is 0.0736. The Morgan fingerprint density at radius 3 is 1.78 bits per heavy atom. The van der Waals surface area contributed by atoms with Crippen molar-refractivity contribution in [3.8, 4) is 0 Å². The monoisotopic (exact) mass is 192 g/mol. The normalized spacial score (nSPS) is 14.0. The minimum Gasteiger partial charge on any atom is -0.283 e. The highest BCUT2D eigenvalue weighted by atomic mass is 32.3. The van der Waals surface area contributed by atoms with Crippen LogP contribution in [-0.4, -0.2) is 39.1 Å². The van der Waals surface area contributed by atoms with Gasteiger partial charge in [-0.15, -0.1) is 3.63 Å². The summed E-state index contributed by atoms with van der Waals surface area (Å²) in [6, 6.07) is 0. The largest absolute Gasteiger partial charge is 0.412 e. The summed E-state index contributed by atoms with van der Waals surface area (Å²) >= 11 is -2.97. The van der Waals surface area contributed by atoms with Gasteiger partial charge in [0, 0.05) is 0 Å². The van der Waals surface area contributed by atoms with Crippen LogP contribution in [0.3, 0.4) is 0 Å². The summed E-state index contributed by atoms with van der Waals surface area (Å²) in [5, 5.41) is 0. The van der Waals surface area contributed by atoms with E-state index in [-0.39, 0.29) is 17.4 Å². The first-order valence-corrected chi connectivity index (χ1v) is 3.60. The first-order valence-electron chi connectivity index (χ1n) is 1.20. The maximum atomic E-state index is 9.42. The Hall–Kier alpha value is 0.512. The second kappa shape index (κ2) is 4.35. The molecule has 0 radical (unpaired) electrons. The van der Waals surface area contributed by atoms with Crippen LogP contribution in [0.25, 0.3) is 0 Å². The Morgan fingerprint density at radius 2 is 1.78 bits per heavy atom. The van der Waals surface area contributed by atoms with Gasteiger partial charge in [0.2, 0.25) is 0 Å². The molecule has 0 spiro atoms. The predicted molar refractivity (Wildman–Crippen MR) is 33.3 cm³/mol. The van der Waals surface area contributed by atoms with Crippen LogP contribution < -0.4 is 0 Å². The van der Waals surface area contributed by atoms with E-state index in [0.717, 1.165) is 0 Å². The van der Waals surface area contributed by atoms with Gasteiger partial charge in [-0.1, -0.05) is 0 Å². The van der Waals surface area contributed by atoms with Crippen molar-refractivity contribution >= 4 is 39.1 Å². The third-order valence-corrected chi connectivity index (χ3v) is 1.30. The molecule has 1 atom stereocenters. The lowest BCUT2D eigenvalue weighted by atomic mass is 15.8. The van der Waals surface area contributed by atoms with Crippen molar-refractivity contribution in [2.75, 3.05) is 0 Å². The third kappa shape index (κ3) is 11.9. The van der Waals surface area contributed by atoms with Crippen LogP contribution in [0.1, 0.15) is 0 Å². The van der Waals surface area contributed by atoms with Crippen LogP contribution in [-0.2, 0) is 25.4 Å². The minimum atomic E-state index is -4.77. The van der Waals surface area contributed by atoms with Crippen molar-refractivity contribution in [1.29, 1.82) is 0 Å². The first-order chi connectivity index (χ1) is 3.42. The topological polar surface area (TPSA) is 101 Å². The Bertz CT molecular complexity index is 177. The maximum Gasteiger partial charge on any atom is 0.412 e. The molecule has 2 N–H and O–H groups in total. The quantitative estimate of drug-likeness (QED) is 0.291. The van der Waals surface area contributed by atoms with E-state index in [4.69, 9.17) is 9.11 Å². The van der Waals surface area contributed by atoms with Crippen molar-refractivity contribution in [3.05, 3.63) is 0 Å². The van der Waals surface area contributed by atoms with Gasteiger partial charge in [0.15, 0.2) is 17.4 Å². The second-order valence-electron chi connectivity index (χ2n) is 0.713. The summed E-state index contributed by atoms with van der Waals surface area (Å²) in [4.78, 5) is 0. The van der Waals surface area contributed by atoms with Gasteiger partial charge < -0.3 is 0 Å². The SMILES string of the molecule is O=S(O)OS(=O)(=O)O.[AlH3]. The Labute approximate surface area is 64.8 Å². The summed E-state index contributed by atoms with van der Waals surface area (Å²) in [6.45, 7) is 0. The van der Waals surface area contributed by atoms with Gasteiger partial charge in [0.1, 0.15) is 0 Å². The van der Waals surface area contributed by atoms with Crippen molar-refractivity contribution < 1.29 is 25.4 Å². The molecular formula is H5AlO6S2. The summed E-state index contributed by atoms with van der Waals surface area (Å²) in [5.41, 5.74) is 0. The first kappa shape index (κ1) is 12.2. The molecule has 0 aromatic carbocycles. The van der Waals surface area contributed by atoms with Crippen LogP contribution in [0.2, 0.25) is 0 Å². The van der Waals surface area contributed by atoms with Gasteiger partial charge in [0.25, 0.3) is 0 Å². The molecule has 0 aromatic rings. The van der Waals surface area contributed by atoms with E-state index in [1.165, 1.54) is 0 Å². The van der Waals surface area contributed by atoms with E-state index in [0.29, 0.717) is 0 Å². The average Bonchev–Trinajstić information content (AvgIpc) is 1.21. The zero-order valence-corrected chi connectivity index (χ0v) is 4.98. The lowest BCUT2D eigenvalue weighted by Crippen LogP contribution is -2.04. The molecular weight excluding hydrogens is 187 g/mol. The molecule has 0 aromatic heterocycles. The van der Waals surface area contributed by atoms with Crippen molar-refractivity contribution in [2.45, 2.75) is 0 Å². The van der Waals surface area contributed by atoms with Gasteiger partial charge in [-0.2, -0.15) is 12.6 Å². The Kier molecular flexibility index (Phi) is 5.90. The van der Waals surface area contributed by atoms with Gasteiger partial charge >= 0.3 is 21.8 Å². The minimum absolute atomic E-state index is 0. The highest BCUT2D eigenvalue weighted by Gasteiger charge is 2.07. The van der Waals surface area contributed by atoms with Crippen LogP contribution in [0.15, 0.2) is 0 Å². The molecule has 0 amide bonds. The van der Waals surface area contributed by atoms with Crippen LogP contribution in [0.4, 0.5) is 0 Å². The second-order valence-corrected chi connectivity index (χ2v) is 2.55. The number of hydrogen-bond donors (Lipinski definition) is 2. The fourth-order valence-corrected chi connectivity index (χ4v) is 0.662. The van der Waals surface area contributed by atoms with Crippen molar-refractivity contribution in [1.82, 2.24) is 0 Å². The van der Waals surface area contributed by atoms with Gasteiger partial charge in [-0.3, -0.25) is 9.11 Å². The van der Waals surface area contributed by atoms with E-state index >= 15 is 0 Å². The Morgan fingerprint density at radius 1 is 1.44 bits per heavy atom. The fraction of sp³-hybridized carbons (Fsp3) is 0. The van der Waals surface area contributed by atoms with E-state index < -0.39 is 21.8 Å². The molecule has 0 bridgehead atoms. The van der Waals surface area contributed by atoms with Crippen molar-refractivity contribution in [2.24, 2.45) is 0 Å². The van der Waals surface area contributed by atoms with Gasteiger partial charge in [-0.25, -0.2) is 0 Å². The zero-order chi connectivity index (χ0) is 6.78. The molecule has 1 unspecified atom stereocenters. The molecule has 0 rings (SSSR count). The summed E-state index contributed by atoms with van der Waals surface area (Å²) in [7, 11) is -4.77. The van der Waals surface area contributed by atoms with E-state index in [9.17, 15) is 12.6 Å². The zero-order valence-electron chi connectivity index (χ0n) is 3.34. The van der Waals surface area contributed by atoms with Gasteiger partial charge in [-0.05, 0) is 0 Å². The van der Waals surface area contributed by atoms with Gasteiger partial charge in [0.05, 0.1) is 0 Å². The van der Waals surface area contributed by atoms with Crippen LogP contribution >= 0.6 is 0 Å². The molecule has 0 aliphatic heterocycles. The predicted octanol–water partition coefficient (Wildman–Crippen LogP) is -2.24. The molecule has 6 nitrogen and oxygen atoms in total. The summed E-state index contributed by atoms with van der Waals surface area (Å²) < 4.78 is 46.4. The lowest BCUT2D eigenvalue weighted by Gasteiger charge is -1.86. The molecule has 0 heterocycles. The molecule has 0 fully saturated rings. The van der Waals surface area contributed by atoms with Crippen LogP contribution in [0, 0.1) is 0 Å². The highest BCUT2D eigenvalue weighted by Crippen LogP contribution is 1.86. The number of rotatable bonds is 2. The highest BCUT2D eigenvalue weighted by molar-refractivity contribution is 7.91. The van der Waals surface area contributed by atoms with E-state index in [1.54, 1.807) is 0 Å². The maximum absolute atomic E-state index is 9.42. The average molecular weight is 192 g/mol. The molecule has 0 aliphatic rings. The van der Waals surface area contributed by atoms with E-state index in [1.807, 2.05) is 0 Å². The Balaban J connectivity index is 0. The molecule has 9 heteroatoms. The van der Waals surface area contributed by atoms with Crippen LogP contribution in [0.5, 0.6) is 0 Å². The standard InChI is InChI=1S/Al.H2O6S2.3H/c;1-7(2)6-8(3,4)5;;;/h;(H,1,2)(H,3,4,5);;;. The van der Waals surface area contributed by atoms with E-state index in [2.05, 4.69) is 3.63 Å². The summed E-state index contributed by atoms with van der Waals surface area (Å²) in [5.74, 6) is 0.